The number of rotatable bonds is 2. The first-order valence-corrected chi connectivity index (χ1v) is 3.98. The van der Waals surface area contributed by atoms with E-state index in [0.29, 0.717) is 11.8 Å². The second-order valence-corrected chi connectivity index (χ2v) is 3.36. The molecule has 0 spiro atoms. The topological polar surface area (TPSA) is 69.4 Å². The van der Waals surface area contributed by atoms with Gasteiger partial charge in [0.05, 0.1) is 5.56 Å². The number of carbonyl (C=O) groups is 2. The number of aldehydes is 1. The van der Waals surface area contributed by atoms with Crippen LogP contribution in [-0.4, -0.2) is 12.4 Å². The number of hydrogen-bond acceptors (Lipinski definition) is 4. The average molecular weight is 185 g/mol. The highest BCUT2D eigenvalue weighted by Gasteiger charge is 2.09. The van der Waals surface area contributed by atoms with Crippen LogP contribution in [0.5, 0.6) is 5.06 Å². The normalized spacial score (nSPS) is 9.42. The molecule has 0 saturated heterocycles. The lowest BCUT2D eigenvalue weighted by Gasteiger charge is -1.95. The maximum absolute atomic E-state index is 10.4. The van der Waals surface area contributed by atoms with Crippen LogP contribution in [0.4, 0.5) is 4.79 Å². The molecule has 64 valence electrons. The lowest BCUT2D eigenvalue weighted by molar-refractivity contribution is 0.112. The van der Waals surface area contributed by atoms with Crippen molar-refractivity contribution in [1.82, 2.24) is 0 Å². The number of carbonyl (C=O) groups excluding carboxylic acids is 2. The minimum absolute atomic E-state index is 0.259. The second kappa shape index (κ2) is 3.36. The maximum atomic E-state index is 10.4. The van der Waals surface area contributed by atoms with Crippen molar-refractivity contribution in [3.8, 4) is 5.06 Å². The molecule has 0 bridgehead atoms. The Bertz CT molecular complexity index is 318. The monoisotopic (exact) mass is 185 g/mol. The minimum atomic E-state index is -0.903. The van der Waals surface area contributed by atoms with Gasteiger partial charge < -0.3 is 10.5 Å². The molecule has 12 heavy (non-hydrogen) atoms. The molecule has 0 atom stereocenters. The van der Waals surface area contributed by atoms with E-state index in [0.717, 1.165) is 4.88 Å². The van der Waals surface area contributed by atoms with Gasteiger partial charge in [0, 0.05) is 4.88 Å². The summed E-state index contributed by atoms with van der Waals surface area (Å²) in [6.07, 6.45) is -0.276. The Labute approximate surface area is 72.9 Å². The number of primary amides is 1. The second-order valence-electron chi connectivity index (χ2n) is 2.14. The van der Waals surface area contributed by atoms with E-state index in [9.17, 15) is 9.59 Å². The van der Waals surface area contributed by atoms with E-state index in [1.807, 2.05) is 6.92 Å². The number of hydrogen-bond donors (Lipinski definition) is 1. The summed E-state index contributed by atoms with van der Waals surface area (Å²) in [6, 6.07) is 1.63. The Balaban J connectivity index is 2.96. The summed E-state index contributed by atoms with van der Waals surface area (Å²) < 4.78 is 4.58. The van der Waals surface area contributed by atoms with E-state index < -0.39 is 6.09 Å². The summed E-state index contributed by atoms with van der Waals surface area (Å²) in [7, 11) is 0. The molecule has 1 heterocycles. The molecule has 0 aromatic carbocycles. The van der Waals surface area contributed by atoms with E-state index >= 15 is 0 Å². The lowest BCUT2D eigenvalue weighted by atomic mass is 10.3. The average Bonchev–Trinajstić information content (AvgIpc) is 2.29. The molecule has 0 aliphatic rings. The SMILES string of the molecule is Cc1cc(C=O)c(OC(N)=O)s1. The highest BCUT2D eigenvalue weighted by molar-refractivity contribution is 7.14. The van der Waals surface area contributed by atoms with Gasteiger partial charge >= 0.3 is 6.09 Å². The molecule has 4 nitrogen and oxygen atoms in total. The first-order chi connectivity index (χ1) is 5.63. The Morgan fingerprint density at radius 3 is 2.92 bits per heavy atom. The van der Waals surface area contributed by atoms with Crippen LogP contribution in [0.2, 0.25) is 0 Å². The van der Waals surface area contributed by atoms with Crippen molar-refractivity contribution >= 4 is 23.7 Å². The van der Waals surface area contributed by atoms with Crippen molar-refractivity contribution in [1.29, 1.82) is 0 Å². The molecule has 0 unspecified atom stereocenters. The fourth-order valence-corrected chi connectivity index (χ4v) is 1.59. The fraction of sp³-hybridized carbons (Fsp3) is 0.143. The van der Waals surface area contributed by atoms with Gasteiger partial charge in [0.25, 0.3) is 0 Å². The van der Waals surface area contributed by atoms with E-state index in [2.05, 4.69) is 4.74 Å². The van der Waals surface area contributed by atoms with Gasteiger partial charge in [-0.15, -0.1) is 11.3 Å². The highest BCUT2D eigenvalue weighted by atomic mass is 32.1. The third-order valence-corrected chi connectivity index (χ3v) is 2.11. The largest absolute Gasteiger partial charge is 0.410 e. The van der Waals surface area contributed by atoms with Gasteiger partial charge in [0.15, 0.2) is 11.3 Å². The zero-order valence-electron chi connectivity index (χ0n) is 6.37. The summed E-state index contributed by atoms with van der Waals surface area (Å²) >= 11 is 1.21. The molecule has 1 aromatic heterocycles. The van der Waals surface area contributed by atoms with Crippen molar-refractivity contribution < 1.29 is 14.3 Å². The van der Waals surface area contributed by atoms with Crippen LogP contribution in [0.1, 0.15) is 15.2 Å². The van der Waals surface area contributed by atoms with Crippen molar-refractivity contribution in [2.24, 2.45) is 5.73 Å². The standard InChI is InChI=1S/C7H7NO3S/c1-4-2-5(3-9)6(12-4)11-7(8)10/h2-3H,1H3,(H2,8,10). The van der Waals surface area contributed by atoms with Crippen molar-refractivity contribution in [2.75, 3.05) is 0 Å². The predicted molar refractivity (Wildman–Crippen MR) is 44.7 cm³/mol. The summed E-state index contributed by atoms with van der Waals surface area (Å²) in [4.78, 5) is 21.6. The summed E-state index contributed by atoms with van der Waals surface area (Å²) in [5, 5.41) is 0.259. The first-order valence-electron chi connectivity index (χ1n) is 3.16. The molecule has 0 fully saturated rings. The Morgan fingerprint density at radius 1 is 1.75 bits per heavy atom. The third kappa shape index (κ3) is 1.82. The van der Waals surface area contributed by atoms with E-state index in [4.69, 9.17) is 5.73 Å². The van der Waals surface area contributed by atoms with Crippen LogP contribution in [0.3, 0.4) is 0 Å². The maximum Gasteiger partial charge on any atom is 0.410 e. The number of aryl methyl sites for hydroxylation is 1. The van der Waals surface area contributed by atoms with Gasteiger partial charge in [0.1, 0.15) is 0 Å². The predicted octanol–water partition coefficient (Wildman–Crippen LogP) is 1.33. The van der Waals surface area contributed by atoms with E-state index in [1.54, 1.807) is 6.07 Å². The van der Waals surface area contributed by atoms with Gasteiger partial charge in [-0.3, -0.25) is 4.79 Å². The van der Waals surface area contributed by atoms with Crippen molar-refractivity contribution in [3.05, 3.63) is 16.5 Å². The molecule has 0 aliphatic carbocycles. The van der Waals surface area contributed by atoms with Gasteiger partial charge in [-0.1, -0.05) is 0 Å². The van der Waals surface area contributed by atoms with Gasteiger partial charge in [0.2, 0.25) is 0 Å². The number of amides is 1. The molecule has 1 rings (SSSR count). The third-order valence-electron chi connectivity index (χ3n) is 1.17. The highest BCUT2D eigenvalue weighted by Crippen LogP contribution is 2.28. The Kier molecular flexibility index (Phi) is 2.44. The minimum Gasteiger partial charge on any atom is -0.399 e. The number of nitrogens with two attached hydrogens (primary N) is 1. The molecule has 0 saturated carbocycles. The quantitative estimate of drug-likeness (QED) is 0.706. The van der Waals surface area contributed by atoms with Crippen LogP contribution in [0.15, 0.2) is 6.07 Å². The Hall–Kier alpha value is -1.36. The smallest absolute Gasteiger partial charge is 0.399 e. The molecule has 0 radical (unpaired) electrons. The van der Waals surface area contributed by atoms with Crippen LogP contribution in [-0.2, 0) is 0 Å². The summed E-state index contributed by atoms with van der Waals surface area (Å²) in [5.74, 6) is 0. The molecule has 5 heteroatoms. The van der Waals surface area contributed by atoms with E-state index in [-0.39, 0.29) is 5.06 Å². The van der Waals surface area contributed by atoms with Gasteiger partial charge in [-0.25, -0.2) is 4.79 Å². The van der Waals surface area contributed by atoms with Gasteiger partial charge in [-0.2, -0.15) is 0 Å². The molecule has 2 N–H and O–H groups in total. The fourth-order valence-electron chi connectivity index (χ4n) is 0.766. The zero-order valence-corrected chi connectivity index (χ0v) is 7.18. The lowest BCUT2D eigenvalue weighted by Crippen LogP contribution is -2.16. The molecule has 1 aromatic rings. The molecule has 1 amide bonds. The van der Waals surface area contributed by atoms with Gasteiger partial charge in [-0.05, 0) is 13.0 Å². The van der Waals surface area contributed by atoms with Crippen LogP contribution in [0.25, 0.3) is 0 Å². The zero-order chi connectivity index (χ0) is 9.14. The molecular formula is C7H7NO3S. The van der Waals surface area contributed by atoms with E-state index in [1.165, 1.54) is 11.3 Å². The summed E-state index contributed by atoms with van der Waals surface area (Å²) in [5.41, 5.74) is 5.14. The van der Waals surface area contributed by atoms with Crippen LogP contribution < -0.4 is 10.5 Å². The molecular weight excluding hydrogens is 178 g/mol. The van der Waals surface area contributed by atoms with Crippen molar-refractivity contribution in [3.63, 3.8) is 0 Å². The van der Waals surface area contributed by atoms with Crippen LogP contribution >= 0.6 is 11.3 Å². The number of thiophene rings is 1. The molecule has 0 aliphatic heterocycles. The Morgan fingerprint density at radius 2 is 2.42 bits per heavy atom. The number of ether oxygens (including phenoxy) is 1. The van der Waals surface area contributed by atoms with Crippen LogP contribution in [0, 0.1) is 6.92 Å². The summed E-state index contributed by atoms with van der Waals surface area (Å²) in [6.45, 7) is 1.81. The first kappa shape index (κ1) is 8.73. The van der Waals surface area contributed by atoms with Crippen molar-refractivity contribution in [2.45, 2.75) is 6.92 Å².